The first-order chi connectivity index (χ1) is 14.9. The molecule has 0 radical (unpaired) electrons. The highest BCUT2D eigenvalue weighted by Gasteiger charge is 2.52. The number of carbonyl (C=O) groups is 2. The van der Waals surface area contributed by atoms with Crippen molar-refractivity contribution in [1.29, 1.82) is 0 Å². The maximum absolute atomic E-state index is 13.7. The van der Waals surface area contributed by atoms with Gasteiger partial charge in [0.25, 0.3) is 5.91 Å². The summed E-state index contributed by atoms with van der Waals surface area (Å²) in [6.07, 6.45) is -5.00. The summed E-state index contributed by atoms with van der Waals surface area (Å²) >= 11 is 1.06. The number of rotatable bonds is 6. The second kappa shape index (κ2) is 8.58. The Morgan fingerprint density at radius 1 is 1.06 bits per heavy atom. The van der Waals surface area contributed by atoms with Gasteiger partial charge in [0.05, 0.1) is 23.5 Å². The molecule has 1 fully saturated rings. The van der Waals surface area contributed by atoms with E-state index in [1.807, 2.05) is 0 Å². The Hall–Kier alpha value is -2.86. The molecule has 0 saturated carbocycles. The van der Waals surface area contributed by atoms with Gasteiger partial charge in [-0.15, -0.1) is 0 Å². The Bertz CT molecular complexity index is 1060. The van der Waals surface area contributed by atoms with Crippen LogP contribution in [0.4, 0.5) is 38.1 Å². The van der Waals surface area contributed by atoms with Crippen LogP contribution in [0.2, 0.25) is 0 Å². The summed E-state index contributed by atoms with van der Waals surface area (Å²) < 4.78 is 72.4. The van der Waals surface area contributed by atoms with Crippen LogP contribution in [0, 0.1) is 11.6 Å². The monoisotopic (exact) mass is 474 g/mol. The van der Waals surface area contributed by atoms with E-state index in [1.54, 1.807) is 7.05 Å². The normalized spacial score (nSPS) is 16.1. The van der Waals surface area contributed by atoms with Gasteiger partial charge >= 0.3 is 12.2 Å². The van der Waals surface area contributed by atoms with E-state index in [0.29, 0.717) is 28.3 Å². The fraction of sp³-hybridized carbons (Fsp3) is 0.300. The van der Waals surface area contributed by atoms with Crippen molar-refractivity contribution in [2.45, 2.75) is 32.1 Å². The summed E-state index contributed by atoms with van der Waals surface area (Å²) in [6, 6.07) is 4.88. The van der Waals surface area contributed by atoms with Gasteiger partial charge in [-0.1, -0.05) is 6.07 Å². The number of amides is 3. The highest BCUT2D eigenvalue weighted by molar-refractivity contribution is 7.98. The summed E-state index contributed by atoms with van der Waals surface area (Å²) in [5, 5.41) is 0. The molecule has 2 aromatic carbocycles. The van der Waals surface area contributed by atoms with Gasteiger partial charge in [0.2, 0.25) is 0 Å². The molecule has 3 rings (SSSR count). The molecule has 0 unspecified atom stereocenters. The number of urea groups is 1. The molecule has 172 valence electrons. The molecule has 0 bridgehead atoms. The zero-order chi connectivity index (χ0) is 23.8. The van der Waals surface area contributed by atoms with Crippen LogP contribution in [0.3, 0.4) is 0 Å². The lowest BCUT2D eigenvalue weighted by Gasteiger charge is -2.28. The van der Waals surface area contributed by atoms with Crippen molar-refractivity contribution in [2.24, 2.45) is 0 Å². The van der Waals surface area contributed by atoms with E-state index in [4.69, 9.17) is 0 Å². The van der Waals surface area contributed by atoms with Gasteiger partial charge in [0.1, 0.15) is 17.2 Å². The van der Waals surface area contributed by atoms with Crippen molar-refractivity contribution in [1.82, 2.24) is 9.62 Å². The molecular weight excluding hydrogens is 455 g/mol. The number of hydrogen-bond donors (Lipinski definition) is 2. The van der Waals surface area contributed by atoms with Gasteiger partial charge in [0.15, 0.2) is 0 Å². The Kier molecular flexibility index (Phi) is 6.38. The molecule has 2 aromatic rings. The first kappa shape index (κ1) is 23.8. The number of imide groups is 1. The molecule has 0 aromatic heterocycles. The third-order valence-electron chi connectivity index (χ3n) is 5.00. The molecule has 0 spiro atoms. The second-order valence-corrected chi connectivity index (χ2v) is 8.26. The van der Waals surface area contributed by atoms with E-state index < -0.39 is 46.5 Å². The fourth-order valence-corrected chi connectivity index (χ4v) is 3.66. The average Bonchev–Trinajstić information content (AvgIpc) is 2.87. The smallest absolute Gasteiger partial charge is 0.316 e. The first-order valence-corrected chi connectivity index (χ1v) is 10.1. The number of benzene rings is 2. The largest absolute Gasteiger partial charge is 0.419 e. The second-order valence-electron chi connectivity index (χ2n) is 7.44. The summed E-state index contributed by atoms with van der Waals surface area (Å²) in [6.45, 7) is 2.76. The molecule has 1 heterocycles. The number of alkyl halides is 3. The number of halogens is 5. The van der Waals surface area contributed by atoms with E-state index in [0.717, 1.165) is 23.1 Å². The Morgan fingerprint density at radius 2 is 1.75 bits per heavy atom. The SMILES string of the molecule is CNSNc1cc(F)ccc1CN1C(=O)N(c2ccc(F)c(C(F)(F)F)c2)C(=O)C1(C)C. The van der Waals surface area contributed by atoms with Gasteiger partial charge in [-0.2, -0.15) is 13.2 Å². The van der Waals surface area contributed by atoms with Gasteiger partial charge in [0, 0.05) is 12.1 Å². The number of hydrogen-bond acceptors (Lipinski definition) is 5. The maximum atomic E-state index is 13.7. The third kappa shape index (κ3) is 4.37. The van der Waals surface area contributed by atoms with Crippen LogP contribution in [0.15, 0.2) is 36.4 Å². The summed E-state index contributed by atoms with van der Waals surface area (Å²) in [4.78, 5) is 27.9. The lowest BCUT2D eigenvalue weighted by atomic mass is 10.0. The maximum Gasteiger partial charge on any atom is 0.419 e. The molecule has 1 aliphatic heterocycles. The predicted octanol–water partition coefficient (Wildman–Crippen LogP) is 4.93. The number of anilines is 2. The van der Waals surface area contributed by atoms with Gasteiger partial charge in [-0.3, -0.25) is 4.79 Å². The van der Waals surface area contributed by atoms with Crippen LogP contribution >= 0.6 is 12.1 Å². The molecule has 0 atom stereocenters. The van der Waals surface area contributed by atoms with E-state index in [-0.39, 0.29) is 6.54 Å². The lowest BCUT2D eigenvalue weighted by molar-refractivity contribution is -0.140. The fourth-order valence-electron chi connectivity index (χ4n) is 3.26. The zero-order valence-electron chi connectivity index (χ0n) is 17.2. The lowest BCUT2D eigenvalue weighted by Crippen LogP contribution is -2.43. The molecule has 2 N–H and O–H groups in total. The molecule has 32 heavy (non-hydrogen) atoms. The van der Waals surface area contributed by atoms with E-state index in [2.05, 4.69) is 9.44 Å². The van der Waals surface area contributed by atoms with Crippen molar-refractivity contribution in [3.8, 4) is 0 Å². The minimum absolute atomic E-state index is 0.131. The van der Waals surface area contributed by atoms with Crippen LogP contribution in [-0.4, -0.2) is 29.4 Å². The number of nitrogens with one attached hydrogen (secondary N) is 2. The highest BCUT2D eigenvalue weighted by atomic mass is 32.2. The molecule has 1 aliphatic rings. The van der Waals surface area contributed by atoms with Crippen LogP contribution in [0.1, 0.15) is 25.0 Å². The topological polar surface area (TPSA) is 64.7 Å². The third-order valence-corrected chi connectivity index (χ3v) is 5.53. The summed E-state index contributed by atoms with van der Waals surface area (Å²) in [7, 11) is 1.64. The van der Waals surface area contributed by atoms with Crippen molar-refractivity contribution < 1.29 is 31.5 Å². The Morgan fingerprint density at radius 3 is 2.38 bits per heavy atom. The molecular formula is C20H19F5N4O2S. The van der Waals surface area contributed by atoms with E-state index in [1.165, 1.54) is 32.0 Å². The molecule has 1 saturated heterocycles. The number of nitrogens with zero attached hydrogens (tertiary/aromatic N) is 2. The van der Waals surface area contributed by atoms with Crippen LogP contribution < -0.4 is 14.3 Å². The van der Waals surface area contributed by atoms with Crippen LogP contribution in [0.5, 0.6) is 0 Å². The Balaban J connectivity index is 1.98. The zero-order valence-corrected chi connectivity index (χ0v) is 18.0. The minimum atomic E-state index is -5.00. The van der Waals surface area contributed by atoms with E-state index >= 15 is 0 Å². The Labute approximate surface area is 185 Å². The van der Waals surface area contributed by atoms with Crippen molar-refractivity contribution in [2.75, 3.05) is 16.7 Å². The van der Waals surface area contributed by atoms with Crippen LogP contribution in [-0.2, 0) is 17.5 Å². The molecule has 12 heteroatoms. The average molecular weight is 474 g/mol. The highest BCUT2D eigenvalue weighted by Crippen LogP contribution is 2.38. The summed E-state index contributed by atoms with van der Waals surface area (Å²) in [5.41, 5.74) is -2.58. The first-order valence-electron chi connectivity index (χ1n) is 9.28. The van der Waals surface area contributed by atoms with Gasteiger partial charge in [-0.05, 0) is 56.8 Å². The van der Waals surface area contributed by atoms with Crippen molar-refractivity contribution in [3.63, 3.8) is 0 Å². The predicted molar refractivity (Wildman–Crippen MR) is 111 cm³/mol. The standard InChI is InChI=1S/C20H19F5N4O2S/c1-19(2)17(30)29(13-6-7-15(22)14(9-13)20(23,24)25)18(31)28(19)10-11-4-5-12(21)8-16(11)27-32-26-3/h4-9,26-27H,10H2,1-3H3. The molecule has 0 aliphatic carbocycles. The number of carbonyl (C=O) groups excluding carboxylic acids is 2. The van der Waals surface area contributed by atoms with Crippen molar-refractivity contribution >= 4 is 35.4 Å². The van der Waals surface area contributed by atoms with Gasteiger partial charge < -0.3 is 9.62 Å². The molecule has 3 amide bonds. The minimum Gasteiger partial charge on any atom is -0.316 e. The van der Waals surface area contributed by atoms with Gasteiger partial charge in [-0.25, -0.2) is 23.2 Å². The summed E-state index contributed by atoms with van der Waals surface area (Å²) in [5.74, 6) is -2.81. The van der Waals surface area contributed by atoms with Crippen LogP contribution in [0.25, 0.3) is 0 Å². The van der Waals surface area contributed by atoms with E-state index in [9.17, 15) is 31.5 Å². The van der Waals surface area contributed by atoms with Crippen molar-refractivity contribution in [3.05, 3.63) is 59.2 Å². The molecule has 6 nitrogen and oxygen atoms in total. The quantitative estimate of drug-likeness (QED) is 0.353.